The Morgan fingerprint density at radius 2 is 1.89 bits per heavy atom. The molecular formula is C13H22N4O. The number of carbonyl (C=O) groups excluding carboxylic acids is 1. The topological polar surface area (TPSA) is 59.8 Å². The van der Waals surface area contributed by atoms with Gasteiger partial charge in [0.1, 0.15) is 11.3 Å². The molecule has 0 aliphatic carbocycles. The van der Waals surface area contributed by atoms with Crippen molar-refractivity contribution >= 4 is 17.3 Å². The van der Waals surface area contributed by atoms with Crippen LogP contribution in [-0.2, 0) is 7.05 Å². The second kappa shape index (κ2) is 8.36. The maximum atomic E-state index is 10.7. The van der Waals surface area contributed by atoms with Crippen molar-refractivity contribution in [1.82, 2.24) is 19.9 Å². The molecule has 0 saturated heterocycles. The largest absolute Gasteiger partial charge is 0.347 e. The zero-order valence-corrected chi connectivity index (χ0v) is 12.0. The van der Waals surface area contributed by atoms with Crippen LogP contribution in [0.25, 0.3) is 11.0 Å². The molecule has 2 rings (SSSR count). The van der Waals surface area contributed by atoms with Crippen LogP contribution in [-0.4, -0.2) is 34.9 Å². The van der Waals surface area contributed by atoms with Gasteiger partial charge in [0.2, 0.25) is 0 Å². The average molecular weight is 250 g/mol. The number of hydrogen-bond acceptors (Lipinski definition) is 4. The summed E-state index contributed by atoms with van der Waals surface area (Å²) in [5.74, 6) is 0.682. The summed E-state index contributed by atoms with van der Waals surface area (Å²) in [4.78, 5) is 18.9. The maximum absolute atomic E-state index is 10.7. The van der Waals surface area contributed by atoms with Crippen LogP contribution in [0.5, 0.6) is 0 Å². The van der Waals surface area contributed by atoms with Gasteiger partial charge in [0.25, 0.3) is 0 Å². The van der Waals surface area contributed by atoms with E-state index in [2.05, 4.69) is 15.3 Å². The van der Waals surface area contributed by atoms with Gasteiger partial charge >= 0.3 is 0 Å². The Hall–Kier alpha value is -1.75. The van der Waals surface area contributed by atoms with Crippen LogP contribution >= 0.6 is 0 Å². The summed E-state index contributed by atoms with van der Waals surface area (Å²) in [6.45, 7) is 5.81. The molecule has 0 atom stereocenters. The van der Waals surface area contributed by atoms with Gasteiger partial charge in [0, 0.05) is 13.2 Å². The Balaban J connectivity index is 0.000000509. The Morgan fingerprint density at radius 3 is 2.39 bits per heavy atom. The quantitative estimate of drug-likeness (QED) is 0.786. The maximum Gasteiger partial charge on any atom is 0.153 e. The van der Waals surface area contributed by atoms with E-state index in [1.165, 1.54) is 0 Å². The second-order valence-electron chi connectivity index (χ2n) is 3.46. The Morgan fingerprint density at radius 1 is 1.33 bits per heavy atom. The van der Waals surface area contributed by atoms with E-state index < -0.39 is 0 Å². The van der Waals surface area contributed by atoms with Crippen LogP contribution < -0.4 is 5.32 Å². The summed E-state index contributed by atoms with van der Waals surface area (Å²) >= 11 is 0. The van der Waals surface area contributed by atoms with Crippen molar-refractivity contribution in [3.63, 3.8) is 0 Å². The van der Waals surface area contributed by atoms with E-state index in [9.17, 15) is 4.79 Å². The van der Waals surface area contributed by atoms with Crippen molar-refractivity contribution in [3.05, 3.63) is 23.8 Å². The highest BCUT2D eigenvalue weighted by molar-refractivity contribution is 5.94. The van der Waals surface area contributed by atoms with Gasteiger partial charge in [-0.2, -0.15) is 0 Å². The van der Waals surface area contributed by atoms with Crippen LogP contribution in [0.1, 0.15) is 30.0 Å². The lowest BCUT2D eigenvalue weighted by molar-refractivity contribution is 0.112. The highest BCUT2D eigenvalue weighted by Gasteiger charge is 2.06. The highest BCUT2D eigenvalue weighted by Crippen LogP contribution is 2.15. The molecule has 2 aromatic heterocycles. The van der Waals surface area contributed by atoms with Crippen molar-refractivity contribution in [2.75, 3.05) is 14.1 Å². The number of aldehydes is 1. The first kappa shape index (κ1) is 16.2. The molecule has 0 saturated carbocycles. The molecule has 0 aliphatic heterocycles. The smallest absolute Gasteiger partial charge is 0.153 e. The van der Waals surface area contributed by atoms with Gasteiger partial charge in [0.05, 0.1) is 17.3 Å². The van der Waals surface area contributed by atoms with E-state index >= 15 is 0 Å². The Bertz CT molecular complexity index is 491. The highest BCUT2D eigenvalue weighted by atomic mass is 16.1. The summed E-state index contributed by atoms with van der Waals surface area (Å²) in [6, 6.07) is 0. The van der Waals surface area contributed by atoms with Gasteiger partial charge < -0.3 is 9.88 Å². The third kappa shape index (κ3) is 3.92. The van der Waals surface area contributed by atoms with Crippen molar-refractivity contribution in [2.45, 2.75) is 20.8 Å². The normalized spacial score (nSPS) is 9.00. The first-order chi connectivity index (χ1) is 8.63. The fraction of sp³-hybridized carbons (Fsp3) is 0.462. The molecule has 0 amide bonds. The molecule has 1 N–H and O–H groups in total. The molecule has 0 unspecified atom stereocenters. The van der Waals surface area contributed by atoms with Gasteiger partial charge in [-0.05, 0) is 21.0 Å². The number of carbonyl (C=O) groups is 1. The van der Waals surface area contributed by atoms with E-state index in [-0.39, 0.29) is 0 Å². The number of hydrogen-bond donors (Lipinski definition) is 1. The fourth-order valence-electron chi connectivity index (χ4n) is 1.36. The van der Waals surface area contributed by atoms with Crippen molar-refractivity contribution in [2.24, 2.45) is 7.05 Å². The molecule has 0 fully saturated rings. The lowest BCUT2D eigenvalue weighted by Gasteiger charge is -1.94. The molecule has 0 bridgehead atoms. The lowest BCUT2D eigenvalue weighted by Crippen LogP contribution is -1.90. The van der Waals surface area contributed by atoms with E-state index in [1.54, 1.807) is 19.3 Å². The molecule has 18 heavy (non-hydrogen) atoms. The SMILES string of the molecule is CC.CNC.Cc1ncc2c(n1)c(C=O)cn2C. The van der Waals surface area contributed by atoms with Gasteiger partial charge in [-0.3, -0.25) is 4.79 Å². The molecule has 2 heterocycles. The Labute approximate surface area is 108 Å². The summed E-state index contributed by atoms with van der Waals surface area (Å²) < 4.78 is 1.85. The lowest BCUT2D eigenvalue weighted by atomic mass is 10.3. The third-order valence-corrected chi connectivity index (χ3v) is 2.00. The molecule has 0 radical (unpaired) electrons. The van der Waals surface area contributed by atoms with Crippen LogP contribution in [0.3, 0.4) is 0 Å². The van der Waals surface area contributed by atoms with Crippen molar-refractivity contribution < 1.29 is 4.79 Å². The summed E-state index contributed by atoms with van der Waals surface area (Å²) in [6.07, 6.45) is 4.30. The third-order valence-electron chi connectivity index (χ3n) is 2.00. The zero-order valence-electron chi connectivity index (χ0n) is 12.0. The minimum Gasteiger partial charge on any atom is -0.347 e. The Kier molecular flexibility index (Phi) is 7.54. The number of nitrogens with zero attached hydrogens (tertiary/aromatic N) is 3. The zero-order chi connectivity index (χ0) is 14.1. The first-order valence-electron chi connectivity index (χ1n) is 5.96. The van der Waals surface area contributed by atoms with Gasteiger partial charge in [0.15, 0.2) is 6.29 Å². The summed E-state index contributed by atoms with van der Waals surface area (Å²) in [5.41, 5.74) is 2.22. The monoisotopic (exact) mass is 250 g/mol. The molecule has 0 aromatic carbocycles. The average Bonchev–Trinajstić information content (AvgIpc) is 2.69. The molecular weight excluding hydrogens is 228 g/mol. The predicted octanol–water partition coefficient (Wildman–Crippen LogP) is 1.95. The number of nitrogens with one attached hydrogen (secondary N) is 1. The standard InChI is InChI=1S/C9H9N3O.C2H7N.C2H6/c1-6-10-3-8-9(11-6)7(5-13)4-12(8)2;1-3-2;1-2/h3-5H,1-2H3;3H,1-2H3;1-2H3. The second-order valence-corrected chi connectivity index (χ2v) is 3.46. The van der Waals surface area contributed by atoms with E-state index in [0.717, 1.165) is 17.3 Å². The predicted molar refractivity (Wildman–Crippen MR) is 75.0 cm³/mol. The van der Waals surface area contributed by atoms with E-state index in [4.69, 9.17) is 0 Å². The van der Waals surface area contributed by atoms with Crippen molar-refractivity contribution in [1.29, 1.82) is 0 Å². The number of rotatable bonds is 1. The number of aromatic nitrogens is 3. The van der Waals surface area contributed by atoms with Crippen LogP contribution in [0.4, 0.5) is 0 Å². The molecule has 0 aliphatic rings. The number of fused-ring (bicyclic) bond motifs is 1. The van der Waals surface area contributed by atoms with Gasteiger partial charge in [-0.1, -0.05) is 13.8 Å². The molecule has 0 spiro atoms. The fourth-order valence-corrected chi connectivity index (χ4v) is 1.36. The molecule has 2 aromatic rings. The van der Waals surface area contributed by atoms with E-state index in [0.29, 0.717) is 11.4 Å². The van der Waals surface area contributed by atoms with Crippen LogP contribution in [0.15, 0.2) is 12.4 Å². The first-order valence-corrected chi connectivity index (χ1v) is 5.96. The van der Waals surface area contributed by atoms with Crippen molar-refractivity contribution in [3.8, 4) is 0 Å². The molecule has 5 nitrogen and oxygen atoms in total. The summed E-state index contributed by atoms with van der Waals surface area (Å²) in [5, 5.41) is 2.75. The van der Waals surface area contributed by atoms with Crippen LogP contribution in [0.2, 0.25) is 0 Å². The van der Waals surface area contributed by atoms with E-state index in [1.807, 2.05) is 39.6 Å². The molecule has 5 heteroatoms. The van der Waals surface area contributed by atoms with Gasteiger partial charge in [-0.15, -0.1) is 0 Å². The minimum absolute atomic E-state index is 0.614. The van der Waals surface area contributed by atoms with Crippen LogP contribution in [0, 0.1) is 6.92 Å². The molecule has 100 valence electrons. The summed E-state index contributed by atoms with van der Waals surface area (Å²) in [7, 11) is 5.62. The number of aryl methyl sites for hydroxylation is 2. The minimum atomic E-state index is 0.614. The van der Waals surface area contributed by atoms with Gasteiger partial charge in [-0.25, -0.2) is 9.97 Å².